The van der Waals surface area contributed by atoms with Crippen LogP contribution in [0.25, 0.3) is 10.2 Å². The molecule has 0 radical (unpaired) electrons. The molecule has 2 aromatic heterocycles. The minimum absolute atomic E-state index is 0.768. The molecule has 0 bridgehead atoms. The number of rotatable bonds is 4. The zero-order valence-corrected chi connectivity index (χ0v) is 11.7. The number of likely N-dealkylation sites (tertiary alicyclic amines) is 1. The lowest BCUT2D eigenvalue weighted by Gasteiger charge is -2.15. The Morgan fingerprint density at radius 2 is 2.26 bits per heavy atom. The molecule has 100 valence electrons. The van der Waals surface area contributed by atoms with Gasteiger partial charge in [-0.1, -0.05) is 0 Å². The van der Waals surface area contributed by atoms with Crippen LogP contribution in [0.4, 0.5) is 5.82 Å². The van der Waals surface area contributed by atoms with Crippen molar-refractivity contribution in [2.24, 2.45) is 5.92 Å². The van der Waals surface area contributed by atoms with Crippen LogP contribution in [-0.4, -0.2) is 40.5 Å². The molecule has 1 atom stereocenters. The summed E-state index contributed by atoms with van der Waals surface area (Å²) in [4.78, 5) is 12.4. The highest BCUT2D eigenvalue weighted by molar-refractivity contribution is 7.16. The number of nitrogens with one attached hydrogen (secondary N) is 1. The number of nitrogens with zero attached hydrogens (tertiary/aromatic N) is 3. The van der Waals surface area contributed by atoms with Crippen molar-refractivity contribution in [1.82, 2.24) is 14.9 Å². The predicted molar refractivity (Wildman–Crippen MR) is 78.6 cm³/mol. The Balaban J connectivity index is 1.40. The molecule has 2 aromatic rings. The quantitative estimate of drug-likeness (QED) is 0.930. The average molecular weight is 274 g/mol. The first kappa shape index (κ1) is 11.6. The second kappa shape index (κ2) is 4.72. The molecule has 1 aliphatic heterocycles. The third-order valence-electron chi connectivity index (χ3n) is 4.20. The molecule has 0 amide bonds. The summed E-state index contributed by atoms with van der Waals surface area (Å²) in [5.74, 6) is 1.76. The molecule has 1 unspecified atom stereocenters. The fraction of sp³-hybridized carbons (Fsp3) is 0.571. The standard InChI is InChI=1S/C14H18N4S/c1-2-11(1)18-5-3-10(8-18)7-15-13-12-4-6-19-14(12)17-9-16-13/h4,6,9-11H,1-3,5,7-8H2,(H,15,16,17). The van der Waals surface area contributed by atoms with E-state index in [2.05, 4.69) is 31.6 Å². The summed E-state index contributed by atoms with van der Waals surface area (Å²) in [6.07, 6.45) is 5.82. The maximum atomic E-state index is 4.38. The van der Waals surface area contributed by atoms with Crippen LogP contribution in [0.2, 0.25) is 0 Å². The van der Waals surface area contributed by atoms with E-state index in [-0.39, 0.29) is 0 Å². The van der Waals surface area contributed by atoms with Crippen LogP contribution in [0.5, 0.6) is 0 Å². The Morgan fingerprint density at radius 1 is 1.32 bits per heavy atom. The summed E-state index contributed by atoms with van der Waals surface area (Å²) in [5, 5.41) is 6.76. The number of fused-ring (bicyclic) bond motifs is 1. The zero-order valence-electron chi connectivity index (χ0n) is 10.9. The van der Waals surface area contributed by atoms with Gasteiger partial charge in [0, 0.05) is 19.1 Å². The van der Waals surface area contributed by atoms with Gasteiger partial charge in [-0.3, -0.25) is 0 Å². The van der Waals surface area contributed by atoms with Gasteiger partial charge in [0.25, 0.3) is 0 Å². The zero-order chi connectivity index (χ0) is 12.7. The second-order valence-corrected chi connectivity index (χ2v) is 6.52. The van der Waals surface area contributed by atoms with Crippen LogP contribution in [0.1, 0.15) is 19.3 Å². The molecule has 2 aliphatic rings. The Hall–Kier alpha value is -1.20. The monoisotopic (exact) mass is 274 g/mol. The smallest absolute Gasteiger partial charge is 0.138 e. The average Bonchev–Trinajstić information content (AvgIpc) is 3.00. The van der Waals surface area contributed by atoms with Gasteiger partial charge in [0.05, 0.1) is 5.39 Å². The van der Waals surface area contributed by atoms with Gasteiger partial charge in [-0.15, -0.1) is 11.3 Å². The summed E-state index contributed by atoms with van der Waals surface area (Å²) >= 11 is 1.67. The van der Waals surface area contributed by atoms with Crippen LogP contribution in [0.15, 0.2) is 17.8 Å². The molecule has 2 fully saturated rings. The lowest BCUT2D eigenvalue weighted by Crippen LogP contribution is -2.24. The van der Waals surface area contributed by atoms with Gasteiger partial charge in [-0.05, 0) is 43.2 Å². The van der Waals surface area contributed by atoms with E-state index in [1.165, 1.54) is 32.4 Å². The van der Waals surface area contributed by atoms with Crippen molar-refractivity contribution >= 4 is 27.4 Å². The number of aromatic nitrogens is 2. The lowest BCUT2D eigenvalue weighted by molar-refractivity contribution is 0.316. The second-order valence-electron chi connectivity index (χ2n) is 5.62. The Labute approximate surface area is 116 Å². The number of thiophene rings is 1. The highest BCUT2D eigenvalue weighted by Crippen LogP contribution is 2.32. The third kappa shape index (κ3) is 2.32. The topological polar surface area (TPSA) is 41.1 Å². The first-order chi connectivity index (χ1) is 9.40. The van der Waals surface area contributed by atoms with E-state index in [4.69, 9.17) is 0 Å². The van der Waals surface area contributed by atoms with E-state index in [0.29, 0.717) is 0 Å². The van der Waals surface area contributed by atoms with E-state index in [0.717, 1.165) is 34.5 Å². The summed E-state index contributed by atoms with van der Waals surface area (Å²) in [6.45, 7) is 3.58. The van der Waals surface area contributed by atoms with Crippen LogP contribution >= 0.6 is 11.3 Å². The van der Waals surface area contributed by atoms with Crippen molar-refractivity contribution in [1.29, 1.82) is 0 Å². The van der Waals surface area contributed by atoms with E-state index in [1.807, 2.05) is 0 Å². The van der Waals surface area contributed by atoms with E-state index in [1.54, 1.807) is 17.7 Å². The predicted octanol–water partition coefficient (Wildman–Crippen LogP) is 2.59. The van der Waals surface area contributed by atoms with Gasteiger partial charge in [0.15, 0.2) is 0 Å². The van der Waals surface area contributed by atoms with Crippen molar-refractivity contribution in [2.75, 3.05) is 25.0 Å². The molecule has 3 heterocycles. The Bertz CT molecular complexity index is 578. The van der Waals surface area contributed by atoms with Gasteiger partial charge in [-0.2, -0.15) is 0 Å². The van der Waals surface area contributed by atoms with E-state index in [9.17, 15) is 0 Å². The van der Waals surface area contributed by atoms with Crippen LogP contribution in [0.3, 0.4) is 0 Å². The van der Waals surface area contributed by atoms with Gasteiger partial charge >= 0.3 is 0 Å². The summed E-state index contributed by atoms with van der Waals surface area (Å²) < 4.78 is 0. The van der Waals surface area contributed by atoms with Crippen molar-refractivity contribution < 1.29 is 0 Å². The molecule has 4 nitrogen and oxygen atoms in total. The fourth-order valence-electron chi connectivity index (χ4n) is 2.97. The molecule has 1 saturated carbocycles. The largest absolute Gasteiger partial charge is 0.369 e. The van der Waals surface area contributed by atoms with E-state index >= 15 is 0 Å². The van der Waals surface area contributed by atoms with Crippen LogP contribution in [-0.2, 0) is 0 Å². The van der Waals surface area contributed by atoms with Gasteiger partial charge in [-0.25, -0.2) is 9.97 Å². The third-order valence-corrected chi connectivity index (χ3v) is 5.02. The van der Waals surface area contributed by atoms with Crippen LogP contribution < -0.4 is 5.32 Å². The normalized spacial score (nSPS) is 24.1. The first-order valence-electron chi connectivity index (χ1n) is 7.06. The minimum Gasteiger partial charge on any atom is -0.369 e. The summed E-state index contributed by atoms with van der Waals surface area (Å²) in [7, 11) is 0. The molecule has 5 heteroatoms. The number of hydrogen-bond donors (Lipinski definition) is 1. The molecular formula is C14H18N4S. The van der Waals surface area contributed by atoms with Crippen molar-refractivity contribution in [3.63, 3.8) is 0 Å². The molecule has 4 rings (SSSR count). The fourth-order valence-corrected chi connectivity index (χ4v) is 3.71. The van der Waals surface area contributed by atoms with Crippen molar-refractivity contribution in [3.8, 4) is 0 Å². The highest BCUT2D eigenvalue weighted by atomic mass is 32.1. The SMILES string of the molecule is c1nc(NCC2CCN(C3CC3)C2)c2ccsc2n1. The van der Waals surface area contributed by atoms with Gasteiger partial charge < -0.3 is 10.2 Å². The lowest BCUT2D eigenvalue weighted by atomic mass is 10.1. The number of anilines is 1. The van der Waals surface area contributed by atoms with Crippen LogP contribution in [0, 0.1) is 5.92 Å². The van der Waals surface area contributed by atoms with Crippen molar-refractivity contribution in [3.05, 3.63) is 17.8 Å². The first-order valence-corrected chi connectivity index (χ1v) is 7.94. The molecule has 1 N–H and O–H groups in total. The highest BCUT2D eigenvalue weighted by Gasteiger charge is 2.34. The summed E-state index contributed by atoms with van der Waals surface area (Å²) in [5.41, 5.74) is 0. The molecule has 0 spiro atoms. The summed E-state index contributed by atoms with van der Waals surface area (Å²) in [6, 6.07) is 3.01. The molecule has 0 aromatic carbocycles. The molecule has 19 heavy (non-hydrogen) atoms. The van der Waals surface area contributed by atoms with Gasteiger partial charge in [0.1, 0.15) is 17.0 Å². The van der Waals surface area contributed by atoms with Gasteiger partial charge in [0.2, 0.25) is 0 Å². The molecular weight excluding hydrogens is 256 g/mol. The molecule has 1 saturated heterocycles. The maximum absolute atomic E-state index is 4.38. The maximum Gasteiger partial charge on any atom is 0.138 e. The Kier molecular flexibility index (Phi) is 2.89. The molecule has 1 aliphatic carbocycles. The van der Waals surface area contributed by atoms with E-state index < -0.39 is 0 Å². The minimum atomic E-state index is 0.768. The van der Waals surface area contributed by atoms with Crippen molar-refractivity contribution in [2.45, 2.75) is 25.3 Å². The Morgan fingerprint density at radius 3 is 3.16 bits per heavy atom. The number of hydrogen-bond acceptors (Lipinski definition) is 5.